The molecular weight excluding hydrogens is 410 g/mol. The number of allylic oxidation sites excluding steroid dienone is 1. The second kappa shape index (κ2) is 8.89. The molecule has 162 valence electrons. The van der Waals surface area contributed by atoms with Crippen molar-refractivity contribution in [3.05, 3.63) is 103 Å². The highest BCUT2D eigenvalue weighted by molar-refractivity contribution is 7.07. The first-order valence-electron chi connectivity index (χ1n) is 11.5. The number of hydrogen-bond acceptors (Lipinski definition) is 2. The van der Waals surface area contributed by atoms with Crippen molar-refractivity contribution < 1.29 is 9.22 Å². The predicted molar refractivity (Wildman–Crippen MR) is 132 cm³/mol. The maximum atomic E-state index is 12.6. The molecule has 0 N–H and O–H groups in total. The Kier molecular flexibility index (Phi) is 5.81. The molecule has 2 heterocycles. The van der Waals surface area contributed by atoms with Gasteiger partial charge in [0.25, 0.3) is 8.32 Å². The molecule has 2 aliphatic rings. The van der Waals surface area contributed by atoms with Crippen LogP contribution in [0, 0.1) is 5.92 Å². The van der Waals surface area contributed by atoms with Crippen molar-refractivity contribution in [2.45, 2.75) is 31.9 Å². The normalized spacial score (nSPS) is 23.1. The number of carbonyl (C=O) groups is 1. The zero-order valence-corrected chi connectivity index (χ0v) is 19.4. The van der Waals surface area contributed by atoms with Crippen LogP contribution in [0.15, 0.2) is 103 Å². The zero-order valence-electron chi connectivity index (χ0n) is 18.4. The highest BCUT2D eigenvalue weighted by Crippen LogP contribution is 2.37. The molecule has 32 heavy (non-hydrogen) atoms. The molecule has 2 fully saturated rings. The molecule has 0 unspecified atom stereocenters. The van der Waals surface area contributed by atoms with Crippen LogP contribution in [0.2, 0.25) is 0 Å². The van der Waals surface area contributed by atoms with Crippen LogP contribution < -0.4 is 15.6 Å². The molecule has 0 bridgehead atoms. The molecule has 0 aliphatic carbocycles. The third-order valence-corrected chi connectivity index (χ3v) is 10.9. The van der Waals surface area contributed by atoms with Gasteiger partial charge in [-0.1, -0.05) is 103 Å². The molecule has 0 aromatic heterocycles. The first-order chi connectivity index (χ1) is 15.7. The lowest BCUT2D eigenvalue weighted by Crippen LogP contribution is -2.71. The van der Waals surface area contributed by atoms with E-state index in [1.807, 2.05) is 0 Å². The molecule has 0 saturated carbocycles. The summed E-state index contributed by atoms with van der Waals surface area (Å²) in [6.45, 7) is 2.81. The Morgan fingerprint density at radius 1 is 0.844 bits per heavy atom. The van der Waals surface area contributed by atoms with E-state index >= 15 is 0 Å². The molecular formula is C28H29NO2Si. The lowest BCUT2D eigenvalue weighted by atomic mass is 9.99. The standard InChI is InChI=1S/C28H29NO2Si/c1-2-12-22-21-29-26(19-20-27(29)30)28(22)31-32(23-13-6-3-7-14-23,24-15-8-4-9-16-24)25-17-10-5-11-18-25/h2-18,22,26,28H,19-21H2,1H3/b12-2+/t22-,26-,28-/m0/s1. The lowest BCUT2D eigenvalue weighted by Gasteiger charge is -2.38. The van der Waals surface area contributed by atoms with Gasteiger partial charge >= 0.3 is 0 Å². The Hall–Kier alpha value is -2.95. The molecule has 3 atom stereocenters. The van der Waals surface area contributed by atoms with Gasteiger partial charge in [-0.15, -0.1) is 0 Å². The van der Waals surface area contributed by atoms with E-state index in [2.05, 4.69) is 115 Å². The largest absolute Gasteiger partial charge is 0.398 e. The van der Waals surface area contributed by atoms with Crippen LogP contribution >= 0.6 is 0 Å². The van der Waals surface area contributed by atoms with Gasteiger partial charge in [0.05, 0.1) is 12.1 Å². The van der Waals surface area contributed by atoms with Crippen molar-refractivity contribution in [1.82, 2.24) is 4.90 Å². The first-order valence-corrected chi connectivity index (χ1v) is 13.4. The summed E-state index contributed by atoms with van der Waals surface area (Å²) in [4.78, 5) is 14.6. The van der Waals surface area contributed by atoms with Gasteiger partial charge in [0.2, 0.25) is 5.91 Å². The Labute approximate surface area is 191 Å². The van der Waals surface area contributed by atoms with Gasteiger partial charge in [-0.2, -0.15) is 0 Å². The molecule has 3 aromatic rings. The highest BCUT2D eigenvalue weighted by atomic mass is 28.4. The smallest absolute Gasteiger partial charge is 0.288 e. The average molecular weight is 440 g/mol. The molecule has 4 heteroatoms. The fraction of sp³-hybridized carbons (Fsp3) is 0.250. The Bertz CT molecular complexity index is 988. The van der Waals surface area contributed by atoms with Crippen molar-refractivity contribution >= 4 is 29.8 Å². The molecule has 3 aromatic carbocycles. The summed E-state index contributed by atoms with van der Waals surface area (Å²) >= 11 is 0. The topological polar surface area (TPSA) is 29.5 Å². The quantitative estimate of drug-likeness (QED) is 0.335. The summed E-state index contributed by atoms with van der Waals surface area (Å²) in [6.07, 6.45) is 5.82. The predicted octanol–water partition coefficient (Wildman–Crippen LogP) is 3.24. The molecule has 2 aliphatic heterocycles. The Morgan fingerprint density at radius 3 is 1.81 bits per heavy atom. The molecule has 3 nitrogen and oxygen atoms in total. The SMILES string of the molecule is C/C=C/[C@H]1CN2C(=O)CC[C@H]2[C@H]1O[Si](c1ccccc1)(c1ccccc1)c1ccccc1. The Balaban J connectivity index is 1.70. The van der Waals surface area contributed by atoms with E-state index in [1.165, 1.54) is 15.6 Å². The number of amides is 1. The minimum atomic E-state index is -2.81. The van der Waals surface area contributed by atoms with Crippen molar-refractivity contribution in [2.75, 3.05) is 6.54 Å². The van der Waals surface area contributed by atoms with Crippen molar-refractivity contribution in [3.63, 3.8) is 0 Å². The molecule has 2 saturated heterocycles. The van der Waals surface area contributed by atoms with Crippen LogP contribution in [-0.2, 0) is 9.22 Å². The van der Waals surface area contributed by atoms with Gasteiger partial charge in [-0.3, -0.25) is 4.79 Å². The lowest BCUT2D eigenvalue weighted by molar-refractivity contribution is -0.128. The van der Waals surface area contributed by atoms with Gasteiger partial charge in [0, 0.05) is 18.9 Å². The second-order valence-corrected chi connectivity index (χ2v) is 12.0. The van der Waals surface area contributed by atoms with E-state index in [1.54, 1.807) is 0 Å². The maximum Gasteiger partial charge on any atom is 0.288 e. The van der Waals surface area contributed by atoms with E-state index in [-0.39, 0.29) is 24.0 Å². The number of carbonyl (C=O) groups excluding carboxylic acids is 1. The summed E-state index contributed by atoms with van der Waals surface area (Å²) in [5.74, 6) is 0.472. The van der Waals surface area contributed by atoms with E-state index in [4.69, 9.17) is 4.43 Å². The van der Waals surface area contributed by atoms with Crippen LogP contribution in [0.1, 0.15) is 19.8 Å². The van der Waals surface area contributed by atoms with E-state index in [0.29, 0.717) is 6.42 Å². The van der Waals surface area contributed by atoms with Gasteiger partial charge < -0.3 is 9.33 Å². The van der Waals surface area contributed by atoms with Crippen molar-refractivity contribution in [2.24, 2.45) is 5.92 Å². The Morgan fingerprint density at radius 2 is 1.34 bits per heavy atom. The minimum Gasteiger partial charge on any atom is -0.398 e. The van der Waals surface area contributed by atoms with E-state index in [0.717, 1.165) is 13.0 Å². The fourth-order valence-corrected chi connectivity index (χ4v) is 9.60. The van der Waals surface area contributed by atoms with Gasteiger partial charge in [-0.25, -0.2) is 0 Å². The second-order valence-electron chi connectivity index (χ2n) is 8.70. The van der Waals surface area contributed by atoms with Gasteiger partial charge in [0.15, 0.2) is 0 Å². The average Bonchev–Trinajstić information content (AvgIpc) is 3.38. The molecule has 0 spiro atoms. The zero-order chi connectivity index (χ0) is 22.0. The number of hydrogen-bond donors (Lipinski definition) is 0. The van der Waals surface area contributed by atoms with Gasteiger partial charge in [0.1, 0.15) is 0 Å². The highest BCUT2D eigenvalue weighted by Gasteiger charge is 2.52. The van der Waals surface area contributed by atoms with Crippen molar-refractivity contribution in [3.8, 4) is 0 Å². The first kappa shape index (κ1) is 20.9. The molecule has 0 radical (unpaired) electrons. The van der Waals surface area contributed by atoms with Crippen molar-refractivity contribution in [1.29, 1.82) is 0 Å². The van der Waals surface area contributed by atoms with Crippen LogP contribution in [0.4, 0.5) is 0 Å². The number of nitrogens with zero attached hydrogens (tertiary/aromatic N) is 1. The number of rotatable bonds is 6. The fourth-order valence-electron chi connectivity index (χ4n) is 5.46. The monoisotopic (exact) mass is 439 g/mol. The summed E-state index contributed by atoms with van der Waals surface area (Å²) in [6, 6.07) is 32.2. The van der Waals surface area contributed by atoms with Crippen LogP contribution in [0.3, 0.4) is 0 Å². The van der Waals surface area contributed by atoms with Crippen LogP contribution in [0.5, 0.6) is 0 Å². The van der Waals surface area contributed by atoms with Crippen LogP contribution in [0.25, 0.3) is 0 Å². The molecule has 1 amide bonds. The third kappa shape index (κ3) is 3.54. The van der Waals surface area contributed by atoms with Gasteiger partial charge in [-0.05, 0) is 28.9 Å². The minimum absolute atomic E-state index is 0.0232. The summed E-state index contributed by atoms with van der Waals surface area (Å²) in [5.41, 5.74) is 0. The van der Waals surface area contributed by atoms with E-state index < -0.39 is 8.32 Å². The third-order valence-electron chi connectivity index (χ3n) is 6.88. The maximum absolute atomic E-state index is 12.6. The summed E-state index contributed by atoms with van der Waals surface area (Å²) in [5, 5.41) is 3.71. The summed E-state index contributed by atoms with van der Waals surface area (Å²) in [7, 11) is -2.81. The summed E-state index contributed by atoms with van der Waals surface area (Å²) < 4.78 is 7.48. The van der Waals surface area contributed by atoms with Crippen LogP contribution in [-0.4, -0.2) is 37.8 Å². The molecule has 5 rings (SSSR count). The number of benzene rings is 3. The number of fused-ring (bicyclic) bond motifs is 1. The van der Waals surface area contributed by atoms with E-state index in [9.17, 15) is 4.79 Å².